The number of alkyl halides is 1. The van der Waals surface area contributed by atoms with Crippen molar-refractivity contribution in [2.24, 2.45) is 0 Å². The van der Waals surface area contributed by atoms with E-state index < -0.39 is 0 Å². The number of aromatic nitrogens is 2. The summed E-state index contributed by atoms with van der Waals surface area (Å²) < 4.78 is 10.9. The predicted molar refractivity (Wildman–Crippen MR) is 103 cm³/mol. The molecule has 3 aromatic rings. The molecule has 2 aromatic carbocycles. The zero-order valence-corrected chi connectivity index (χ0v) is 15.9. The van der Waals surface area contributed by atoms with Crippen molar-refractivity contribution in [1.82, 2.24) is 9.97 Å². The lowest BCUT2D eigenvalue weighted by molar-refractivity contribution is 0.340. The highest BCUT2D eigenvalue weighted by Gasteiger charge is 2.11. The van der Waals surface area contributed by atoms with Gasteiger partial charge >= 0.3 is 0 Å². The van der Waals surface area contributed by atoms with Gasteiger partial charge in [-0.2, -0.15) is 0 Å². The number of H-pyrrole nitrogens is 1. The van der Waals surface area contributed by atoms with Crippen molar-refractivity contribution in [3.8, 4) is 22.9 Å². The second-order valence-corrected chi connectivity index (χ2v) is 6.57. The van der Waals surface area contributed by atoms with E-state index in [1.165, 1.54) is 0 Å². The van der Waals surface area contributed by atoms with Crippen molar-refractivity contribution in [3.63, 3.8) is 0 Å². The van der Waals surface area contributed by atoms with Crippen molar-refractivity contribution in [2.75, 3.05) is 19.0 Å². The molecule has 1 heterocycles. The number of nitrogens with one attached hydrogen (secondary N) is 1. The molecule has 0 aliphatic carbocycles. The van der Waals surface area contributed by atoms with Crippen LogP contribution in [0.3, 0.4) is 0 Å². The molecule has 3 rings (SSSR count). The summed E-state index contributed by atoms with van der Waals surface area (Å²) in [5, 5.41) is 1.28. The topological polar surface area (TPSA) is 64.2 Å². The number of rotatable bonds is 5. The molecular formula is C19H19BrN2O3. The first-order chi connectivity index (χ1) is 12.0. The van der Waals surface area contributed by atoms with E-state index in [9.17, 15) is 4.79 Å². The molecular weight excluding hydrogens is 384 g/mol. The minimum absolute atomic E-state index is 0.186. The Morgan fingerprint density at radius 2 is 1.88 bits per heavy atom. The van der Waals surface area contributed by atoms with Gasteiger partial charge in [0.1, 0.15) is 17.3 Å². The van der Waals surface area contributed by atoms with E-state index in [-0.39, 0.29) is 5.56 Å². The van der Waals surface area contributed by atoms with Crippen LogP contribution in [0.25, 0.3) is 22.3 Å². The molecule has 0 saturated carbocycles. The van der Waals surface area contributed by atoms with E-state index in [1.54, 1.807) is 25.3 Å². The van der Waals surface area contributed by atoms with Crippen LogP contribution in [-0.4, -0.2) is 29.0 Å². The lowest BCUT2D eigenvalue weighted by Gasteiger charge is -2.13. The van der Waals surface area contributed by atoms with Crippen LogP contribution in [0, 0.1) is 13.8 Å². The van der Waals surface area contributed by atoms with Gasteiger partial charge in [-0.25, -0.2) is 4.98 Å². The summed E-state index contributed by atoms with van der Waals surface area (Å²) in [7, 11) is 1.57. The summed E-state index contributed by atoms with van der Waals surface area (Å²) in [6.45, 7) is 4.59. The second kappa shape index (κ2) is 7.27. The molecule has 130 valence electrons. The lowest BCUT2D eigenvalue weighted by Crippen LogP contribution is -2.10. The van der Waals surface area contributed by atoms with E-state index in [4.69, 9.17) is 9.47 Å². The first-order valence-corrected chi connectivity index (χ1v) is 9.04. The van der Waals surface area contributed by atoms with Crippen LogP contribution in [0.5, 0.6) is 11.5 Å². The monoisotopic (exact) mass is 402 g/mol. The van der Waals surface area contributed by atoms with Gasteiger partial charge in [-0.05, 0) is 55.3 Å². The Balaban J connectivity index is 2.09. The van der Waals surface area contributed by atoms with Crippen LogP contribution in [0.4, 0.5) is 0 Å². The summed E-state index contributed by atoms with van der Waals surface area (Å²) in [6, 6.07) is 9.24. The maximum atomic E-state index is 12.4. The van der Waals surface area contributed by atoms with Crippen LogP contribution in [0.2, 0.25) is 0 Å². The molecule has 0 aliphatic rings. The van der Waals surface area contributed by atoms with Crippen molar-refractivity contribution < 1.29 is 9.47 Å². The van der Waals surface area contributed by atoms with Gasteiger partial charge in [-0.3, -0.25) is 4.79 Å². The molecule has 0 bridgehead atoms. The SMILES string of the molecule is COc1ccc2nc(-c3cc(C)c(OCCBr)c(C)c3)[nH]c(=O)c2c1. The average molecular weight is 403 g/mol. The van der Waals surface area contributed by atoms with E-state index in [0.717, 1.165) is 27.8 Å². The fourth-order valence-corrected chi connectivity index (χ4v) is 3.00. The largest absolute Gasteiger partial charge is 0.497 e. The molecule has 0 spiro atoms. The Bertz CT molecular complexity index is 959. The number of fused-ring (bicyclic) bond motifs is 1. The van der Waals surface area contributed by atoms with Gasteiger partial charge in [0, 0.05) is 10.9 Å². The number of aromatic amines is 1. The van der Waals surface area contributed by atoms with Crippen molar-refractivity contribution in [3.05, 3.63) is 51.8 Å². The van der Waals surface area contributed by atoms with Crippen molar-refractivity contribution >= 4 is 26.8 Å². The number of aryl methyl sites for hydroxylation is 2. The summed E-state index contributed by atoms with van der Waals surface area (Å²) >= 11 is 3.36. The Morgan fingerprint density at radius 3 is 2.52 bits per heavy atom. The molecule has 1 aromatic heterocycles. The highest BCUT2D eigenvalue weighted by atomic mass is 79.9. The third-order valence-corrected chi connectivity index (χ3v) is 4.29. The molecule has 6 heteroatoms. The number of nitrogens with zero attached hydrogens (tertiary/aromatic N) is 1. The second-order valence-electron chi connectivity index (χ2n) is 5.77. The number of benzene rings is 2. The first-order valence-electron chi connectivity index (χ1n) is 7.92. The van der Waals surface area contributed by atoms with Crippen LogP contribution < -0.4 is 15.0 Å². The predicted octanol–water partition coefficient (Wildman–Crippen LogP) is 3.99. The number of ether oxygens (including phenoxy) is 2. The highest BCUT2D eigenvalue weighted by molar-refractivity contribution is 9.09. The van der Waals surface area contributed by atoms with Crippen molar-refractivity contribution in [1.29, 1.82) is 0 Å². The number of halogens is 1. The van der Waals surface area contributed by atoms with Crippen LogP contribution >= 0.6 is 15.9 Å². The number of hydrogen-bond donors (Lipinski definition) is 1. The van der Waals surface area contributed by atoms with E-state index in [1.807, 2.05) is 26.0 Å². The molecule has 25 heavy (non-hydrogen) atoms. The van der Waals surface area contributed by atoms with Gasteiger partial charge in [0.25, 0.3) is 5.56 Å². The van der Waals surface area contributed by atoms with Crippen molar-refractivity contribution in [2.45, 2.75) is 13.8 Å². The van der Waals surface area contributed by atoms with E-state index >= 15 is 0 Å². The van der Waals surface area contributed by atoms with Gasteiger partial charge in [0.2, 0.25) is 0 Å². The summed E-state index contributed by atoms with van der Waals surface area (Å²) in [5.74, 6) is 2.05. The third kappa shape index (κ3) is 3.54. The molecule has 0 saturated heterocycles. The molecule has 1 N–H and O–H groups in total. The smallest absolute Gasteiger partial charge is 0.259 e. The number of hydrogen-bond acceptors (Lipinski definition) is 4. The molecule has 0 atom stereocenters. The van der Waals surface area contributed by atoms with Gasteiger partial charge in [0.05, 0.1) is 24.6 Å². The fraction of sp³-hybridized carbons (Fsp3) is 0.263. The summed E-state index contributed by atoms with van der Waals surface area (Å²) in [5.41, 5.74) is 3.32. The Labute approximate surface area is 154 Å². The average Bonchev–Trinajstić information content (AvgIpc) is 2.60. The molecule has 0 unspecified atom stereocenters. The normalized spacial score (nSPS) is 10.9. The van der Waals surface area contributed by atoms with Gasteiger partial charge < -0.3 is 14.5 Å². The van der Waals surface area contributed by atoms with Crippen LogP contribution in [0.15, 0.2) is 35.1 Å². The van der Waals surface area contributed by atoms with Gasteiger partial charge in [-0.15, -0.1) is 0 Å². The van der Waals surface area contributed by atoms with E-state index in [2.05, 4.69) is 25.9 Å². The highest BCUT2D eigenvalue weighted by Crippen LogP contribution is 2.29. The summed E-state index contributed by atoms with van der Waals surface area (Å²) in [6.07, 6.45) is 0. The molecule has 0 amide bonds. The third-order valence-electron chi connectivity index (χ3n) is 3.97. The molecule has 0 aliphatic heterocycles. The minimum Gasteiger partial charge on any atom is -0.497 e. The molecule has 0 radical (unpaired) electrons. The lowest BCUT2D eigenvalue weighted by atomic mass is 10.0. The van der Waals surface area contributed by atoms with Gasteiger partial charge in [0.15, 0.2) is 0 Å². The first kappa shape index (κ1) is 17.5. The van der Waals surface area contributed by atoms with E-state index in [0.29, 0.717) is 29.1 Å². The van der Waals surface area contributed by atoms with Crippen LogP contribution in [0.1, 0.15) is 11.1 Å². The van der Waals surface area contributed by atoms with Gasteiger partial charge in [-0.1, -0.05) is 15.9 Å². The molecule has 5 nitrogen and oxygen atoms in total. The zero-order valence-electron chi connectivity index (χ0n) is 14.4. The maximum Gasteiger partial charge on any atom is 0.259 e. The fourth-order valence-electron chi connectivity index (χ4n) is 2.84. The minimum atomic E-state index is -0.186. The Hall–Kier alpha value is -2.34. The summed E-state index contributed by atoms with van der Waals surface area (Å²) in [4.78, 5) is 19.9. The van der Waals surface area contributed by atoms with Crippen LogP contribution in [-0.2, 0) is 0 Å². The zero-order chi connectivity index (χ0) is 18.0. The Kier molecular flexibility index (Phi) is 5.08. The number of methoxy groups -OCH3 is 1. The quantitative estimate of drug-likeness (QED) is 0.655. The Morgan fingerprint density at radius 1 is 1.16 bits per heavy atom. The standard InChI is InChI=1S/C19H19BrN2O3/c1-11-8-13(9-12(2)17(11)25-7-6-20)18-21-16-5-4-14(24-3)10-15(16)19(23)22-18/h4-5,8-10H,6-7H2,1-3H3,(H,21,22,23). The maximum absolute atomic E-state index is 12.4. The molecule has 0 fully saturated rings.